The average Bonchev–Trinajstić information content (AvgIpc) is 3.30. The van der Waals surface area contributed by atoms with Gasteiger partial charge in [-0.15, -0.1) is 0 Å². The highest BCUT2D eigenvalue weighted by Gasteiger charge is 2.27. The third-order valence-electron chi connectivity index (χ3n) is 5.73. The Morgan fingerprint density at radius 3 is 2.59 bits per heavy atom. The van der Waals surface area contributed by atoms with E-state index in [1.807, 2.05) is 44.2 Å². The van der Waals surface area contributed by atoms with Crippen LogP contribution >= 0.6 is 11.6 Å². The number of nitrogens with one attached hydrogen (secondary N) is 1. The van der Waals surface area contributed by atoms with Crippen LogP contribution in [0.5, 0.6) is 5.75 Å². The van der Waals surface area contributed by atoms with E-state index in [0.29, 0.717) is 24.0 Å². The highest BCUT2D eigenvalue weighted by molar-refractivity contribution is 6.33. The molecule has 7 nitrogen and oxygen atoms in total. The molecule has 0 aliphatic heterocycles. The van der Waals surface area contributed by atoms with Crippen molar-refractivity contribution in [2.24, 2.45) is 5.92 Å². The van der Waals surface area contributed by atoms with Gasteiger partial charge >= 0.3 is 17.7 Å². The molecule has 0 saturated heterocycles. The van der Waals surface area contributed by atoms with Gasteiger partial charge in [0.2, 0.25) is 0 Å². The summed E-state index contributed by atoms with van der Waals surface area (Å²) in [5.41, 5.74) is 2.39. The molecule has 2 aromatic carbocycles. The molecule has 3 aromatic rings. The highest BCUT2D eigenvalue weighted by Crippen LogP contribution is 2.35. The minimum atomic E-state index is -0.943. The van der Waals surface area contributed by atoms with Gasteiger partial charge in [-0.1, -0.05) is 55.8 Å². The van der Waals surface area contributed by atoms with Crippen molar-refractivity contribution in [3.63, 3.8) is 0 Å². The molecule has 1 aliphatic rings. The van der Waals surface area contributed by atoms with Gasteiger partial charge in [0, 0.05) is 17.0 Å². The van der Waals surface area contributed by atoms with E-state index in [1.54, 1.807) is 6.07 Å². The SMILES string of the molecule is CC(C)CC(NC(=O)OCc1ccccc1)C(=O)Oc1cc2oc(=O)c3c(c2cc1Cl)CCC3. The Morgan fingerprint density at radius 1 is 1.12 bits per heavy atom. The Bertz CT molecular complexity index is 1270. The van der Waals surface area contributed by atoms with E-state index in [0.717, 1.165) is 29.4 Å². The second-order valence-electron chi connectivity index (χ2n) is 8.79. The summed E-state index contributed by atoms with van der Waals surface area (Å²) in [4.78, 5) is 37.6. The molecule has 1 N–H and O–H groups in total. The van der Waals surface area contributed by atoms with Gasteiger partial charge in [-0.3, -0.25) is 0 Å². The van der Waals surface area contributed by atoms with Crippen LogP contribution in [-0.2, 0) is 29.0 Å². The van der Waals surface area contributed by atoms with E-state index in [2.05, 4.69) is 5.32 Å². The molecule has 0 saturated carbocycles. The fourth-order valence-corrected chi connectivity index (χ4v) is 4.34. The predicted octanol–water partition coefficient (Wildman–Crippen LogP) is 5.18. The van der Waals surface area contributed by atoms with E-state index in [1.165, 1.54) is 6.07 Å². The molecule has 0 bridgehead atoms. The Hall–Kier alpha value is -3.32. The Balaban J connectivity index is 1.49. The summed E-state index contributed by atoms with van der Waals surface area (Å²) in [6, 6.07) is 11.4. The molecule has 1 amide bonds. The lowest BCUT2D eigenvalue weighted by Crippen LogP contribution is -2.44. The molecule has 0 radical (unpaired) electrons. The quantitative estimate of drug-likeness (QED) is 0.282. The lowest BCUT2D eigenvalue weighted by Gasteiger charge is -2.19. The number of fused-ring (bicyclic) bond motifs is 3. The maximum absolute atomic E-state index is 13.0. The summed E-state index contributed by atoms with van der Waals surface area (Å²) < 4.78 is 16.2. The summed E-state index contributed by atoms with van der Waals surface area (Å²) in [5, 5.41) is 3.56. The van der Waals surface area contributed by atoms with E-state index in [4.69, 9.17) is 25.5 Å². The van der Waals surface area contributed by atoms with Crippen LogP contribution in [0.25, 0.3) is 11.0 Å². The summed E-state index contributed by atoms with van der Waals surface area (Å²) >= 11 is 6.41. The van der Waals surface area contributed by atoms with Gasteiger partial charge in [-0.25, -0.2) is 14.4 Å². The number of alkyl carbamates (subject to hydrolysis) is 1. The van der Waals surface area contributed by atoms with E-state index < -0.39 is 18.1 Å². The van der Waals surface area contributed by atoms with E-state index in [9.17, 15) is 14.4 Å². The number of aryl methyl sites for hydroxylation is 1. The van der Waals surface area contributed by atoms with Gasteiger partial charge in [0.05, 0.1) is 5.02 Å². The highest BCUT2D eigenvalue weighted by atomic mass is 35.5. The van der Waals surface area contributed by atoms with Crippen LogP contribution in [0.3, 0.4) is 0 Å². The maximum Gasteiger partial charge on any atom is 0.408 e. The molecule has 1 atom stereocenters. The molecule has 8 heteroatoms. The Labute approximate surface area is 202 Å². The number of rotatable bonds is 7. The fraction of sp³-hybridized carbons (Fsp3) is 0.346. The van der Waals surface area contributed by atoms with Gasteiger partial charge in [0.25, 0.3) is 0 Å². The number of hydrogen-bond donors (Lipinski definition) is 1. The number of carbonyl (C=O) groups excluding carboxylic acids is 2. The summed E-state index contributed by atoms with van der Waals surface area (Å²) in [7, 11) is 0. The zero-order valence-corrected chi connectivity index (χ0v) is 19.8. The van der Waals surface area contributed by atoms with E-state index in [-0.39, 0.29) is 28.9 Å². The van der Waals surface area contributed by atoms with Gasteiger partial charge < -0.3 is 19.2 Å². The van der Waals surface area contributed by atoms with Crippen LogP contribution in [0.1, 0.15) is 43.4 Å². The van der Waals surface area contributed by atoms with Crippen molar-refractivity contribution in [3.05, 3.63) is 74.6 Å². The zero-order chi connectivity index (χ0) is 24.2. The van der Waals surface area contributed by atoms with Crippen molar-refractivity contribution in [2.75, 3.05) is 0 Å². The van der Waals surface area contributed by atoms with Crippen molar-refractivity contribution in [3.8, 4) is 5.75 Å². The first-order chi connectivity index (χ1) is 16.3. The van der Waals surface area contributed by atoms with Gasteiger partial charge in [-0.2, -0.15) is 0 Å². The Kier molecular flexibility index (Phi) is 7.22. The van der Waals surface area contributed by atoms with Gasteiger partial charge in [-0.05, 0) is 48.8 Å². The lowest BCUT2D eigenvalue weighted by molar-refractivity contribution is -0.137. The third-order valence-corrected chi connectivity index (χ3v) is 6.03. The minimum absolute atomic E-state index is 0.0634. The number of hydrogen-bond acceptors (Lipinski definition) is 6. The van der Waals surface area contributed by atoms with Crippen LogP contribution in [0.2, 0.25) is 5.02 Å². The molecular formula is C26H26ClNO6. The standard InChI is InChI=1S/C26H26ClNO6/c1-15(2)11-21(28-26(31)32-14-16-7-4-3-5-8-16)25(30)34-23-13-22-19(12-20(23)27)17-9-6-10-18(17)24(29)33-22/h3-5,7-8,12-13,15,21H,6,9-11,14H2,1-2H3,(H,28,31). The van der Waals surface area contributed by atoms with Crippen LogP contribution < -0.4 is 15.7 Å². The van der Waals surface area contributed by atoms with E-state index >= 15 is 0 Å². The average molecular weight is 484 g/mol. The molecule has 4 rings (SSSR count). The largest absolute Gasteiger partial charge is 0.445 e. The minimum Gasteiger partial charge on any atom is -0.445 e. The zero-order valence-electron chi connectivity index (χ0n) is 19.1. The molecule has 178 valence electrons. The molecule has 1 heterocycles. The summed E-state index contributed by atoms with van der Waals surface area (Å²) in [6.45, 7) is 3.93. The first-order valence-corrected chi connectivity index (χ1v) is 11.7. The topological polar surface area (TPSA) is 94.8 Å². The first-order valence-electron chi connectivity index (χ1n) is 11.3. The lowest BCUT2D eigenvalue weighted by atomic mass is 10.0. The number of carbonyl (C=O) groups is 2. The molecule has 1 aliphatic carbocycles. The number of benzene rings is 2. The molecule has 1 unspecified atom stereocenters. The predicted molar refractivity (Wildman–Crippen MR) is 128 cm³/mol. The molecule has 34 heavy (non-hydrogen) atoms. The second kappa shape index (κ2) is 10.3. The number of esters is 1. The third kappa shape index (κ3) is 5.42. The first kappa shape index (κ1) is 23.8. The number of amides is 1. The molecule has 0 fully saturated rings. The smallest absolute Gasteiger partial charge is 0.408 e. The molecule has 1 aromatic heterocycles. The summed E-state index contributed by atoms with van der Waals surface area (Å²) in [5.74, 6) is -0.525. The maximum atomic E-state index is 13.0. The van der Waals surface area contributed by atoms with Crippen LogP contribution in [0.15, 0.2) is 51.7 Å². The molecular weight excluding hydrogens is 458 g/mol. The number of halogens is 1. The van der Waals surface area contributed by atoms with Crippen molar-refractivity contribution in [1.29, 1.82) is 0 Å². The van der Waals surface area contributed by atoms with Gasteiger partial charge in [0.15, 0.2) is 5.75 Å². The monoisotopic (exact) mass is 483 g/mol. The normalized spacial score (nSPS) is 13.5. The van der Waals surface area contributed by atoms with Crippen molar-refractivity contribution < 1.29 is 23.5 Å². The number of ether oxygens (including phenoxy) is 2. The Morgan fingerprint density at radius 2 is 1.85 bits per heavy atom. The van der Waals surface area contributed by atoms with Crippen LogP contribution in [0.4, 0.5) is 4.79 Å². The fourth-order valence-electron chi connectivity index (χ4n) is 4.13. The van der Waals surface area contributed by atoms with Crippen molar-refractivity contribution in [1.82, 2.24) is 5.32 Å². The van der Waals surface area contributed by atoms with Crippen molar-refractivity contribution >= 4 is 34.6 Å². The molecule has 0 spiro atoms. The van der Waals surface area contributed by atoms with Gasteiger partial charge in [0.1, 0.15) is 18.2 Å². The van der Waals surface area contributed by atoms with Crippen molar-refractivity contribution in [2.45, 2.75) is 52.2 Å². The summed E-state index contributed by atoms with van der Waals surface area (Å²) in [6.07, 6.45) is 1.96. The second-order valence-corrected chi connectivity index (χ2v) is 9.20. The van der Waals surface area contributed by atoms with Crippen LogP contribution in [-0.4, -0.2) is 18.1 Å². The van der Waals surface area contributed by atoms with Crippen LogP contribution in [0, 0.1) is 5.92 Å².